The van der Waals surface area contributed by atoms with Gasteiger partial charge in [-0.25, -0.2) is 8.78 Å². The van der Waals surface area contributed by atoms with Crippen LogP contribution in [0, 0.1) is 0 Å². The lowest BCUT2D eigenvalue weighted by Crippen LogP contribution is -2.38. The molecule has 160 valence electrons. The van der Waals surface area contributed by atoms with Crippen LogP contribution in [0.3, 0.4) is 0 Å². The SMILES string of the molecule is CCCCCc1ccc(C2(CCCCC)C=CC(c3ccccc3)=C(F)C2F)cc1. The summed E-state index contributed by atoms with van der Waals surface area (Å²) in [4.78, 5) is 0. The van der Waals surface area contributed by atoms with Crippen LogP contribution >= 0.6 is 0 Å². The Morgan fingerprint density at radius 1 is 0.833 bits per heavy atom. The van der Waals surface area contributed by atoms with Gasteiger partial charge in [0.05, 0.1) is 5.41 Å². The maximum atomic E-state index is 15.8. The average Bonchev–Trinajstić information content (AvgIpc) is 2.78. The Morgan fingerprint density at radius 3 is 2.17 bits per heavy atom. The molecule has 0 aliphatic heterocycles. The Morgan fingerprint density at radius 2 is 1.50 bits per heavy atom. The Bertz CT molecular complexity index is 848. The van der Waals surface area contributed by atoms with Crippen LogP contribution in [0.1, 0.15) is 75.5 Å². The van der Waals surface area contributed by atoms with E-state index in [1.54, 1.807) is 6.08 Å². The number of alkyl halides is 1. The molecule has 3 rings (SSSR count). The highest BCUT2D eigenvalue weighted by Gasteiger charge is 2.44. The van der Waals surface area contributed by atoms with Gasteiger partial charge in [0.25, 0.3) is 0 Å². The zero-order valence-electron chi connectivity index (χ0n) is 18.3. The van der Waals surface area contributed by atoms with Crippen LogP contribution in [0.5, 0.6) is 0 Å². The molecular weight excluding hydrogens is 374 g/mol. The van der Waals surface area contributed by atoms with Crippen LogP contribution in [0.15, 0.2) is 72.6 Å². The molecule has 30 heavy (non-hydrogen) atoms. The fraction of sp³-hybridized carbons (Fsp3) is 0.429. The van der Waals surface area contributed by atoms with E-state index in [0.717, 1.165) is 36.8 Å². The third kappa shape index (κ3) is 4.91. The number of benzene rings is 2. The summed E-state index contributed by atoms with van der Waals surface area (Å²) < 4.78 is 31.2. The molecule has 2 heteroatoms. The number of hydrogen-bond acceptors (Lipinski definition) is 0. The lowest BCUT2D eigenvalue weighted by molar-refractivity contribution is 0.212. The van der Waals surface area contributed by atoms with Gasteiger partial charge in [0.15, 0.2) is 6.17 Å². The molecule has 0 spiro atoms. The molecule has 0 radical (unpaired) electrons. The number of allylic oxidation sites excluding steroid dienone is 4. The summed E-state index contributed by atoms with van der Waals surface area (Å²) in [7, 11) is 0. The van der Waals surface area contributed by atoms with Crippen molar-refractivity contribution in [1.82, 2.24) is 0 Å². The molecular formula is C28H34F2. The molecule has 2 unspecified atom stereocenters. The number of halogens is 2. The first kappa shape index (κ1) is 22.5. The van der Waals surface area contributed by atoms with E-state index in [0.29, 0.717) is 12.0 Å². The standard InChI is InChI=1S/C28H34F2/c1-3-5-8-12-22-15-17-24(18-16-22)28(20-11-6-4-2)21-19-25(26(29)27(28)30)23-13-9-7-10-14-23/h7,9-10,13-19,21,27H,3-6,8,11-12,20H2,1-2H3. The number of rotatable bonds is 10. The smallest absolute Gasteiger partial charge is 0.165 e. The highest BCUT2D eigenvalue weighted by Crippen LogP contribution is 2.46. The van der Waals surface area contributed by atoms with Crippen LogP contribution in [0.4, 0.5) is 8.78 Å². The van der Waals surface area contributed by atoms with Crippen molar-refractivity contribution in [3.8, 4) is 0 Å². The number of hydrogen-bond donors (Lipinski definition) is 0. The van der Waals surface area contributed by atoms with Gasteiger partial charge >= 0.3 is 0 Å². The molecule has 1 aliphatic rings. The van der Waals surface area contributed by atoms with Crippen molar-refractivity contribution in [3.63, 3.8) is 0 Å². The van der Waals surface area contributed by atoms with Crippen molar-refractivity contribution in [2.75, 3.05) is 0 Å². The molecule has 0 bridgehead atoms. The summed E-state index contributed by atoms with van der Waals surface area (Å²) in [6.07, 6.45) is 10.2. The monoisotopic (exact) mass is 408 g/mol. The van der Waals surface area contributed by atoms with Gasteiger partial charge in [-0.1, -0.05) is 113 Å². The lowest BCUT2D eigenvalue weighted by atomic mass is 9.68. The first-order valence-corrected chi connectivity index (χ1v) is 11.5. The van der Waals surface area contributed by atoms with E-state index in [2.05, 4.69) is 26.0 Å². The summed E-state index contributed by atoms with van der Waals surface area (Å²) in [5.74, 6) is -0.646. The average molecular weight is 409 g/mol. The summed E-state index contributed by atoms with van der Waals surface area (Å²) in [5.41, 5.74) is 2.31. The van der Waals surface area contributed by atoms with Crippen molar-refractivity contribution < 1.29 is 8.78 Å². The van der Waals surface area contributed by atoms with E-state index in [1.807, 2.05) is 48.5 Å². The summed E-state index contributed by atoms with van der Waals surface area (Å²) in [6, 6.07) is 17.5. The third-order valence-corrected chi connectivity index (χ3v) is 6.32. The molecule has 0 heterocycles. The third-order valence-electron chi connectivity index (χ3n) is 6.32. The van der Waals surface area contributed by atoms with Gasteiger partial charge in [-0.2, -0.15) is 0 Å². The maximum absolute atomic E-state index is 15.8. The van der Waals surface area contributed by atoms with Crippen LogP contribution in [0.2, 0.25) is 0 Å². The van der Waals surface area contributed by atoms with E-state index in [9.17, 15) is 0 Å². The maximum Gasteiger partial charge on any atom is 0.165 e. The molecule has 0 fully saturated rings. The molecule has 0 nitrogen and oxygen atoms in total. The minimum Gasteiger partial charge on any atom is -0.238 e. The van der Waals surface area contributed by atoms with Crippen LogP contribution < -0.4 is 0 Å². The minimum absolute atomic E-state index is 0.366. The normalized spacial score (nSPS) is 21.3. The van der Waals surface area contributed by atoms with E-state index in [-0.39, 0.29) is 0 Å². The molecule has 0 saturated heterocycles. The van der Waals surface area contributed by atoms with E-state index >= 15 is 8.78 Å². The first-order valence-electron chi connectivity index (χ1n) is 11.5. The second kappa shape index (κ2) is 10.7. The topological polar surface area (TPSA) is 0 Å². The van der Waals surface area contributed by atoms with Crippen LogP contribution in [-0.4, -0.2) is 6.17 Å². The molecule has 0 amide bonds. The fourth-order valence-corrected chi connectivity index (χ4v) is 4.44. The fourth-order valence-electron chi connectivity index (χ4n) is 4.44. The van der Waals surface area contributed by atoms with Gasteiger partial charge in [0.2, 0.25) is 0 Å². The molecule has 0 saturated carbocycles. The van der Waals surface area contributed by atoms with Crippen molar-refractivity contribution in [1.29, 1.82) is 0 Å². The molecule has 1 aliphatic carbocycles. The highest BCUT2D eigenvalue weighted by molar-refractivity contribution is 5.78. The van der Waals surface area contributed by atoms with E-state index < -0.39 is 17.4 Å². The van der Waals surface area contributed by atoms with Gasteiger partial charge in [-0.3, -0.25) is 0 Å². The number of aryl methyl sites for hydroxylation is 1. The summed E-state index contributed by atoms with van der Waals surface area (Å²) in [5, 5.41) is 0. The van der Waals surface area contributed by atoms with Gasteiger partial charge in [0.1, 0.15) is 5.83 Å². The second-order valence-electron chi connectivity index (χ2n) is 8.48. The Labute approximate surface area is 180 Å². The van der Waals surface area contributed by atoms with Gasteiger partial charge in [0, 0.05) is 5.57 Å². The van der Waals surface area contributed by atoms with Gasteiger partial charge in [-0.15, -0.1) is 0 Å². The molecule has 0 aromatic heterocycles. The minimum atomic E-state index is -1.67. The largest absolute Gasteiger partial charge is 0.238 e. The van der Waals surface area contributed by atoms with Crippen molar-refractivity contribution >= 4 is 5.57 Å². The highest BCUT2D eigenvalue weighted by atomic mass is 19.2. The summed E-state index contributed by atoms with van der Waals surface area (Å²) in [6.45, 7) is 4.33. The molecule has 2 aromatic rings. The van der Waals surface area contributed by atoms with E-state index in [1.165, 1.54) is 24.8 Å². The van der Waals surface area contributed by atoms with Crippen LogP contribution in [0.25, 0.3) is 5.57 Å². The Hall–Kier alpha value is -2.22. The first-order chi connectivity index (χ1) is 14.6. The quantitative estimate of drug-likeness (QED) is 0.346. The van der Waals surface area contributed by atoms with Gasteiger partial charge < -0.3 is 0 Å². The predicted octanol–water partition coefficient (Wildman–Crippen LogP) is 8.53. The lowest BCUT2D eigenvalue weighted by Gasteiger charge is -2.37. The zero-order valence-corrected chi connectivity index (χ0v) is 18.3. The van der Waals surface area contributed by atoms with E-state index in [4.69, 9.17) is 0 Å². The summed E-state index contributed by atoms with van der Waals surface area (Å²) >= 11 is 0. The molecule has 2 aromatic carbocycles. The zero-order chi connectivity index (χ0) is 21.4. The van der Waals surface area contributed by atoms with Crippen LogP contribution in [-0.2, 0) is 11.8 Å². The van der Waals surface area contributed by atoms with Crippen molar-refractivity contribution in [2.24, 2.45) is 0 Å². The molecule has 2 atom stereocenters. The predicted molar refractivity (Wildman–Crippen MR) is 124 cm³/mol. The van der Waals surface area contributed by atoms with Crippen molar-refractivity contribution in [3.05, 3.63) is 89.3 Å². The Balaban J connectivity index is 1.91. The number of unbranched alkanes of at least 4 members (excludes halogenated alkanes) is 4. The Kier molecular flexibility index (Phi) is 8.01. The van der Waals surface area contributed by atoms with Crippen molar-refractivity contribution in [2.45, 2.75) is 76.8 Å². The molecule has 0 N–H and O–H groups in total. The van der Waals surface area contributed by atoms with Gasteiger partial charge in [-0.05, 0) is 36.0 Å². The second-order valence-corrected chi connectivity index (χ2v) is 8.48.